The lowest BCUT2D eigenvalue weighted by Gasteiger charge is -2.03. The molecule has 1 rings (SSSR count). The van der Waals surface area contributed by atoms with Crippen LogP contribution in [0.25, 0.3) is 6.08 Å². The SMILES string of the molecule is CCCCCCC/C=C/c1ccccc1C(=O)OC. The predicted octanol–water partition coefficient (Wildman–Crippen LogP) is 4.85. The van der Waals surface area contributed by atoms with E-state index in [1.807, 2.05) is 24.3 Å². The second kappa shape index (κ2) is 9.37. The molecule has 19 heavy (non-hydrogen) atoms. The Morgan fingerprint density at radius 1 is 1.16 bits per heavy atom. The lowest BCUT2D eigenvalue weighted by Crippen LogP contribution is -2.02. The quantitative estimate of drug-likeness (QED) is 0.493. The highest BCUT2D eigenvalue weighted by molar-refractivity contribution is 5.93. The van der Waals surface area contributed by atoms with Gasteiger partial charge in [0, 0.05) is 0 Å². The topological polar surface area (TPSA) is 26.3 Å². The van der Waals surface area contributed by atoms with Gasteiger partial charge in [-0.05, 0) is 24.5 Å². The molecule has 0 radical (unpaired) electrons. The molecule has 104 valence electrons. The van der Waals surface area contributed by atoms with Crippen LogP contribution in [0.3, 0.4) is 0 Å². The Labute approximate surface area is 116 Å². The zero-order valence-electron chi connectivity index (χ0n) is 12.0. The van der Waals surface area contributed by atoms with Gasteiger partial charge in [0.05, 0.1) is 12.7 Å². The van der Waals surface area contributed by atoms with Crippen molar-refractivity contribution < 1.29 is 9.53 Å². The Morgan fingerprint density at radius 2 is 1.89 bits per heavy atom. The Bertz CT molecular complexity index is 407. The van der Waals surface area contributed by atoms with Gasteiger partial charge >= 0.3 is 5.97 Å². The molecule has 1 aromatic carbocycles. The maximum absolute atomic E-state index is 11.6. The zero-order valence-corrected chi connectivity index (χ0v) is 12.0. The molecule has 0 N–H and O–H groups in total. The highest BCUT2D eigenvalue weighted by atomic mass is 16.5. The molecule has 0 heterocycles. The number of rotatable bonds is 8. The number of hydrogen-bond donors (Lipinski definition) is 0. The van der Waals surface area contributed by atoms with Gasteiger partial charge in [-0.3, -0.25) is 0 Å². The van der Waals surface area contributed by atoms with Crippen LogP contribution in [0.15, 0.2) is 30.3 Å². The number of carbonyl (C=O) groups is 1. The van der Waals surface area contributed by atoms with Crippen molar-refractivity contribution in [3.63, 3.8) is 0 Å². The fourth-order valence-corrected chi connectivity index (χ4v) is 2.01. The normalized spacial score (nSPS) is 10.8. The van der Waals surface area contributed by atoms with Crippen LogP contribution in [0.5, 0.6) is 0 Å². The molecule has 2 nitrogen and oxygen atoms in total. The van der Waals surface area contributed by atoms with Crippen molar-refractivity contribution in [2.75, 3.05) is 7.11 Å². The van der Waals surface area contributed by atoms with Crippen LogP contribution in [-0.2, 0) is 4.74 Å². The van der Waals surface area contributed by atoms with E-state index >= 15 is 0 Å². The Morgan fingerprint density at radius 3 is 2.63 bits per heavy atom. The third kappa shape index (κ3) is 5.73. The summed E-state index contributed by atoms with van der Waals surface area (Å²) in [5, 5.41) is 0. The number of methoxy groups -OCH3 is 1. The summed E-state index contributed by atoms with van der Waals surface area (Å²) < 4.78 is 4.78. The van der Waals surface area contributed by atoms with E-state index in [0.29, 0.717) is 5.56 Å². The van der Waals surface area contributed by atoms with Gasteiger partial charge in [-0.2, -0.15) is 0 Å². The van der Waals surface area contributed by atoms with Crippen molar-refractivity contribution in [1.82, 2.24) is 0 Å². The molecule has 0 aliphatic carbocycles. The second-order valence-electron chi connectivity index (χ2n) is 4.68. The van der Waals surface area contributed by atoms with Gasteiger partial charge in [-0.25, -0.2) is 4.79 Å². The number of allylic oxidation sites excluding steroid dienone is 1. The second-order valence-corrected chi connectivity index (χ2v) is 4.68. The summed E-state index contributed by atoms with van der Waals surface area (Å²) in [6.07, 6.45) is 11.7. The summed E-state index contributed by atoms with van der Waals surface area (Å²) >= 11 is 0. The monoisotopic (exact) mass is 260 g/mol. The number of unbranched alkanes of at least 4 members (excludes halogenated alkanes) is 5. The Kier molecular flexibility index (Phi) is 7.64. The average molecular weight is 260 g/mol. The predicted molar refractivity (Wildman–Crippen MR) is 80.2 cm³/mol. The molecule has 0 aromatic heterocycles. The first-order valence-electron chi connectivity index (χ1n) is 7.13. The number of carbonyl (C=O) groups excluding carboxylic acids is 1. The highest BCUT2D eigenvalue weighted by Crippen LogP contribution is 2.13. The summed E-state index contributed by atoms with van der Waals surface area (Å²) in [6.45, 7) is 2.23. The van der Waals surface area contributed by atoms with Gasteiger partial charge in [0.2, 0.25) is 0 Å². The first-order valence-corrected chi connectivity index (χ1v) is 7.13. The van der Waals surface area contributed by atoms with Crippen LogP contribution >= 0.6 is 0 Å². The van der Waals surface area contributed by atoms with Gasteiger partial charge < -0.3 is 4.74 Å². The van der Waals surface area contributed by atoms with E-state index in [1.165, 1.54) is 39.2 Å². The van der Waals surface area contributed by atoms with Gasteiger partial charge in [0.25, 0.3) is 0 Å². The molecule has 0 aliphatic heterocycles. The first-order chi connectivity index (χ1) is 9.29. The van der Waals surface area contributed by atoms with Crippen LogP contribution in [0.2, 0.25) is 0 Å². The molecule has 1 aromatic rings. The van der Waals surface area contributed by atoms with E-state index in [1.54, 1.807) is 6.07 Å². The number of esters is 1. The van der Waals surface area contributed by atoms with E-state index in [2.05, 4.69) is 13.0 Å². The molecule has 0 bridgehead atoms. The molecule has 0 atom stereocenters. The minimum atomic E-state index is -0.275. The third-order valence-corrected chi connectivity index (χ3v) is 3.14. The van der Waals surface area contributed by atoms with E-state index in [0.717, 1.165) is 12.0 Å². The smallest absolute Gasteiger partial charge is 0.338 e. The van der Waals surface area contributed by atoms with Crippen molar-refractivity contribution in [2.24, 2.45) is 0 Å². The molecule has 0 saturated heterocycles. The molecule has 0 unspecified atom stereocenters. The largest absolute Gasteiger partial charge is 0.465 e. The minimum Gasteiger partial charge on any atom is -0.465 e. The van der Waals surface area contributed by atoms with Crippen molar-refractivity contribution in [3.05, 3.63) is 41.5 Å². The molecular weight excluding hydrogens is 236 g/mol. The van der Waals surface area contributed by atoms with Gasteiger partial charge in [0.15, 0.2) is 0 Å². The van der Waals surface area contributed by atoms with Gasteiger partial charge in [-0.1, -0.05) is 63.0 Å². The molecule has 0 amide bonds. The highest BCUT2D eigenvalue weighted by Gasteiger charge is 2.07. The van der Waals surface area contributed by atoms with Crippen LogP contribution in [-0.4, -0.2) is 13.1 Å². The first kappa shape index (κ1) is 15.5. The molecular formula is C17H24O2. The summed E-state index contributed by atoms with van der Waals surface area (Å²) in [6, 6.07) is 7.54. The van der Waals surface area contributed by atoms with Crippen LogP contribution < -0.4 is 0 Å². The summed E-state index contributed by atoms with van der Waals surface area (Å²) in [7, 11) is 1.41. The van der Waals surface area contributed by atoms with Crippen molar-refractivity contribution in [1.29, 1.82) is 0 Å². The zero-order chi connectivity index (χ0) is 13.9. The summed E-state index contributed by atoms with van der Waals surface area (Å²) in [5.41, 5.74) is 1.56. The van der Waals surface area contributed by atoms with Crippen molar-refractivity contribution >= 4 is 12.0 Å². The fraction of sp³-hybridized carbons (Fsp3) is 0.471. The molecule has 0 fully saturated rings. The van der Waals surface area contributed by atoms with Crippen LogP contribution in [0.4, 0.5) is 0 Å². The third-order valence-electron chi connectivity index (χ3n) is 3.14. The molecule has 2 heteroatoms. The number of benzene rings is 1. The van der Waals surface area contributed by atoms with Gasteiger partial charge in [-0.15, -0.1) is 0 Å². The summed E-state index contributed by atoms with van der Waals surface area (Å²) in [5.74, 6) is -0.275. The lowest BCUT2D eigenvalue weighted by atomic mass is 10.1. The minimum absolute atomic E-state index is 0.275. The molecule has 0 saturated carbocycles. The Balaban J connectivity index is 2.45. The Hall–Kier alpha value is -1.57. The van der Waals surface area contributed by atoms with E-state index in [9.17, 15) is 4.79 Å². The van der Waals surface area contributed by atoms with E-state index in [4.69, 9.17) is 4.74 Å². The van der Waals surface area contributed by atoms with Crippen molar-refractivity contribution in [3.8, 4) is 0 Å². The van der Waals surface area contributed by atoms with Crippen LogP contribution in [0, 0.1) is 0 Å². The standard InChI is InChI=1S/C17H24O2/c1-3-4-5-6-7-8-9-12-15-13-10-11-14-16(15)17(18)19-2/h9-14H,3-8H2,1-2H3/b12-9+. The lowest BCUT2D eigenvalue weighted by molar-refractivity contribution is 0.0600. The van der Waals surface area contributed by atoms with E-state index in [-0.39, 0.29) is 5.97 Å². The summed E-state index contributed by atoms with van der Waals surface area (Å²) in [4.78, 5) is 11.6. The molecule has 0 spiro atoms. The maximum atomic E-state index is 11.6. The number of hydrogen-bond acceptors (Lipinski definition) is 2. The number of ether oxygens (including phenoxy) is 1. The van der Waals surface area contributed by atoms with Crippen LogP contribution in [0.1, 0.15) is 61.4 Å². The van der Waals surface area contributed by atoms with E-state index < -0.39 is 0 Å². The van der Waals surface area contributed by atoms with Gasteiger partial charge in [0.1, 0.15) is 0 Å². The fourth-order valence-electron chi connectivity index (χ4n) is 2.01. The average Bonchev–Trinajstić information content (AvgIpc) is 2.46. The van der Waals surface area contributed by atoms with Crippen molar-refractivity contribution in [2.45, 2.75) is 45.4 Å². The molecule has 0 aliphatic rings. The maximum Gasteiger partial charge on any atom is 0.338 e.